The highest BCUT2D eigenvalue weighted by Crippen LogP contribution is 2.15. The zero-order chi connectivity index (χ0) is 11.4. The summed E-state index contributed by atoms with van der Waals surface area (Å²) in [6, 6.07) is 3.71. The summed E-state index contributed by atoms with van der Waals surface area (Å²) in [5, 5.41) is 6.20. The Balaban J connectivity index is 1.96. The highest BCUT2D eigenvalue weighted by Gasteiger charge is 2.20. The highest BCUT2D eigenvalue weighted by molar-refractivity contribution is 5.92. The molecule has 2 rings (SSSR count). The Kier molecular flexibility index (Phi) is 3.51. The number of anilines is 1. The van der Waals surface area contributed by atoms with E-state index in [1.54, 1.807) is 6.20 Å². The van der Waals surface area contributed by atoms with E-state index in [2.05, 4.69) is 15.6 Å². The van der Waals surface area contributed by atoms with Crippen molar-refractivity contribution >= 4 is 11.6 Å². The van der Waals surface area contributed by atoms with Crippen LogP contribution >= 0.6 is 0 Å². The summed E-state index contributed by atoms with van der Waals surface area (Å²) in [7, 11) is 0. The predicted molar refractivity (Wildman–Crippen MR) is 63.2 cm³/mol. The van der Waals surface area contributed by atoms with Gasteiger partial charge in [-0.1, -0.05) is 0 Å². The number of hydrogen-bond donors (Lipinski definition) is 2. The number of nitrogens with zero attached hydrogens (tertiary/aromatic N) is 1. The Labute approximate surface area is 95.5 Å². The maximum atomic E-state index is 11.9. The van der Waals surface area contributed by atoms with Crippen LogP contribution in [0.5, 0.6) is 0 Å². The zero-order valence-electron chi connectivity index (χ0n) is 9.49. The summed E-state index contributed by atoms with van der Waals surface area (Å²) in [4.78, 5) is 16.0. The van der Waals surface area contributed by atoms with Crippen molar-refractivity contribution in [3.05, 3.63) is 24.0 Å². The highest BCUT2D eigenvalue weighted by atomic mass is 16.1. The van der Waals surface area contributed by atoms with Gasteiger partial charge in [-0.3, -0.25) is 9.78 Å². The molecule has 0 radical (unpaired) electrons. The molecule has 2 N–H and O–H groups in total. The van der Waals surface area contributed by atoms with Crippen molar-refractivity contribution in [3.63, 3.8) is 0 Å². The number of piperidine rings is 1. The largest absolute Gasteiger partial charge is 0.326 e. The van der Waals surface area contributed by atoms with E-state index in [1.165, 1.54) is 0 Å². The summed E-state index contributed by atoms with van der Waals surface area (Å²) >= 11 is 0. The summed E-state index contributed by atoms with van der Waals surface area (Å²) in [6.45, 7) is 3.79. The Hall–Kier alpha value is -1.42. The molecule has 4 nitrogen and oxygen atoms in total. The molecule has 2 heterocycles. The average Bonchev–Trinajstić information content (AvgIpc) is 2.30. The first-order valence-corrected chi connectivity index (χ1v) is 5.70. The van der Waals surface area contributed by atoms with E-state index < -0.39 is 0 Å². The molecule has 0 saturated carbocycles. The van der Waals surface area contributed by atoms with Crippen molar-refractivity contribution in [3.8, 4) is 0 Å². The number of rotatable bonds is 2. The number of amides is 1. The van der Waals surface area contributed by atoms with Crippen molar-refractivity contribution in [2.45, 2.75) is 19.8 Å². The minimum atomic E-state index is 0.132. The van der Waals surface area contributed by atoms with E-state index in [9.17, 15) is 4.79 Å². The Morgan fingerprint density at radius 1 is 1.50 bits per heavy atom. The van der Waals surface area contributed by atoms with Gasteiger partial charge < -0.3 is 10.6 Å². The third kappa shape index (κ3) is 2.79. The van der Waals surface area contributed by atoms with Gasteiger partial charge >= 0.3 is 0 Å². The molecule has 0 spiro atoms. The lowest BCUT2D eigenvalue weighted by Gasteiger charge is -2.21. The molecule has 86 valence electrons. The van der Waals surface area contributed by atoms with Gasteiger partial charge in [-0.25, -0.2) is 0 Å². The fourth-order valence-electron chi connectivity index (χ4n) is 1.95. The van der Waals surface area contributed by atoms with Crippen LogP contribution in [0.25, 0.3) is 0 Å². The van der Waals surface area contributed by atoms with E-state index in [0.717, 1.165) is 37.3 Å². The van der Waals surface area contributed by atoms with Gasteiger partial charge in [0.05, 0.1) is 0 Å². The standard InChI is InChI=1S/C12H17N3O/c1-9-8-11(4-7-14-9)15-12(16)10-2-5-13-6-3-10/h4,7-8,10,13H,2-3,5-6H2,1H3,(H,14,15,16). The number of carbonyl (C=O) groups is 1. The minimum Gasteiger partial charge on any atom is -0.326 e. The van der Waals surface area contributed by atoms with Crippen LogP contribution in [0.3, 0.4) is 0 Å². The Morgan fingerprint density at radius 2 is 2.25 bits per heavy atom. The Bertz CT molecular complexity index is 372. The number of pyridine rings is 1. The normalized spacial score (nSPS) is 17.1. The second-order valence-electron chi connectivity index (χ2n) is 4.20. The molecule has 1 aliphatic rings. The number of nitrogens with one attached hydrogen (secondary N) is 2. The van der Waals surface area contributed by atoms with E-state index in [4.69, 9.17) is 0 Å². The van der Waals surface area contributed by atoms with Crippen molar-refractivity contribution in [2.24, 2.45) is 5.92 Å². The quantitative estimate of drug-likeness (QED) is 0.789. The molecule has 0 unspecified atom stereocenters. The number of carbonyl (C=O) groups excluding carboxylic acids is 1. The van der Waals surface area contributed by atoms with E-state index in [1.807, 2.05) is 19.1 Å². The molecule has 0 bridgehead atoms. The molecule has 4 heteroatoms. The lowest BCUT2D eigenvalue weighted by molar-refractivity contribution is -0.120. The van der Waals surface area contributed by atoms with Crippen LogP contribution in [0.2, 0.25) is 0 Å². The van der Waals surface area contributed by atoms with Gasteiger partial charge in [0.15, 0.2) is 0 Å². The fourth-order valence-corrected chi connectivity index (χ4v) is 1.95. The topological polar surface area (TPSA) is 54.0 Å². The zero-order valence-corrected chi connectivity index (χ0v) is 9.49. The number of aromatic nitrogens is 1. The summed E-state index contributed by atoms with van der Waals surface area (Å²) in [6.07, 6.45) is 3.57. The van der Waals surface area contributed by atoms with Gasteiger partial charge in [0.2, 0.25) is 5.91 Å². The number of aryl methyl sites for hydroxylation is 1. The van der Waals surface area contributed by atoms with Gasteiger partial charge in [-0.2, -0.15) is 0 Å². The second-order valence-corrected chi connectivity index (χ2v) is 4.20. The molecule has 1 aliphatic heterocycles. The monoisotopic (exact) mass is 219 g/mol. The molecule has 1 aromatic rings. The van der Waals surface area contributed by atoms with Gasteiger partial charge in [-0.05, 0) is 45.0 Å². The maximum Gasteiger partial charge on any atom is 0.227 e. The molecular weight excluding hydrogens is 202 g/mol. The molecule has 16 heavy (non-hydrogen) atoms. The third-order valence-corrected chi connectivity index (χ3v) is 2.87. The average molecular weight is 219 g/mol. The van der Waals surface area contributed by atoms with Gasteiger partial charge in [0, 0.05) is 23.5 Å². The number of hydrogen-bond acceptors (Lipinski definition) is 3. The first kappa shape index (κ1) is 11.1. The third-order valence-electron chi connectivity index (χ3n) is 2.87. The van der Waals surface area contributed by atoms with Gasteiger partial charge in [0.25, 0.3) is 0 Å². The molecule has 1 saturated heterocycles. The van der Waals surface area contributed by atoms with Crippen molar-refractivity contribution in [2.75, 3.05) is 18.4 Å². The van der Waals surface area contributed by atoms with E-state index in [-0.39, 0.29) is 11.8 Å². The van der Waals surface area contributed by atoms with Gasteiger partial charge in [-0.15, -0.1) is 0 Å². The van der Waals surface area contributed by atoms with E-state index >= 15 is 0 Å². The fraction of sp³-hybridized carbons (Fsp3) is 0.500. The maximum absolute atomic E-state index is 11.9. The molecule has 0 atom stereocenters. The van der Waals surface area contributed by atoms with Crippen LogP contribution in [0.15, 0.2) is 18.3 Å². The molecule has 1 fully saturated rings. The van der Waals surface area contributed by atoms with Crippen LogP contribution in [0.1, 0.15) is 18.5 Å². The van der Waals surface area contributed by atoms with Crippen LogP contribution < -0.4 is 10.6 Å². The molecule has 1 amide bonds. The van der Waals surface area contributed by atoms with E-state index in [0.29, 0.717) is 0 Å². The second kappa shape index (κ2) is 5.07. The van der Waals surface area contributed by atoms with Crippen LogP contribution in [-0.2, 0) is 4.79 Å². The van der Waals surface area contributed by atoms with Gasteiger partial charge in [0.1, 0.15) is 0 Å². The van der Waals surface area contributed by atoms with Crippen LogP contribution in [0, 0.1) is 12.8 Å². The summed E-state index contributed by atoms with van der Waals surface area (Å²) < 4.78 is 0. The SMILES string of the molecule is Cc1cc(NC(=O)C2CCNCC2)ccn1. The first-order valence-electron chi connectivity index (χ1n) is 5.70. The molecule has 0 aromatic carbocycles. The summed E-state index contributed by atoms with van der Waals surface area (Å²) in [5.74, 6) is 0.279. The van der Waals surface area contributed by atoms with Crippen LogP contribution in [-0.4, -0.2) is 24.0 Å². The molecule has 0 aliphatic carbocycles. The predicted octanol–water partition coefficient (Wildman–Crippen LogP) is 1.33. The van der Waals surface area contributed by atoms with Crippen molar-refractivity contribution in [1.82, 2.24) is 10.3 Å². The smallest absolute Gasteiger partial charge is 0.227 e. The van der Waals surface area contributed by atoms with Crippen LogP contribution in [0.4, 0.5) is 5.69 Å². The lowest BCUT2D eigenvalue weighted by atomic mass is 9.97. The molecule has 1 aromatic heterocycles. The Morgan fingerprint density at radius 3 is 2.94 bits per heavy atom. The summed E-state index contributed by atoms with van der Waals surface area (Å²) in [5.41, 5.74) is 1.76. The lowest BCUT2D eigenvalue weighted by Crippen LogP contribution is -2.34. The van der Waals surface area contributed by atoms with Crippen molar-refractivity contribution < 1.29 is 4.79 Å². The minimum absolute atomic E-state index is 0.132. The molecular formula is C12H17N3O. The van der Waals surface area contributed by atoms with Crippen molar-refractivity contribution in [1.29, 1.82) is 0 Å². The first-order chi connectivity index (χ1) is 7.75.